The van der Waals surface area contributed by atoms with Crippen molar-refractivity contribution in [1.29, 1.82) is 0 Å². The molecular formula is C13H12N2O5. The molecule has 0 saturated heterocycles. The Bertz CT molecular complexity index is 623. The molecule has 0 N–H and O–H groups in total. The van der Waals surface area contributed by atoms with Crippen LogP contribution in [-0.2, 0) is 4.79 Å². The molecule has 104 valence electrons. The van der Waals surface area contributed by atoms with E-state index in [9.17, 15) is 24.5 Å². The van der Waals surface area contributed by atoms with Gasteiger partial charge in [0.15, 0.2) is 5.78 Å². The zero-order valence-corrected chi connectivity index (χ0v) is 10.8. The maximum absolute atomic E-state index is 12.1. The second-order valence-corrected chi connectivity index (χ2v) is 4.44. The van der Waals surface area contributed by atoms with Crippen LogP contribution in [0, 0.1) is 10.1 Å². The van der Waals surface area contributed by atoms with E-state index in [4.69, 9.17) is 0 Å². The second-order valence-electron chi connectivity index (χ2n) is 4.44. The second kappa shape index (κ2) is 5.20. The molecule has 1 aromatic carbocycles. The number of benzene rings is 1. The van der Waals surface area contributed by atoms with E-state index in [2.05, 4.69) is 0 Å². The lowest BCUT2D eigenvalue weighted by Crippen LogP contribution is -2.34. The number of Topliss-reactive ketones (excluding diaryl/α,β-unsaturated/α-hetero) is 1. The molecule has 0 atom stereocenters. The molecule has 0 radical (unpaired) electrons. The van der Waals surface area contributed by atoms with Crippen molar-refractivity contribution in [3.8, 4) is 0 Å². The highest BCUT2D eigenvalue weighted by atomic mass is 16.6. The molecule has 2 amide bonds. The van der Waals surface area contributed by atoms with Crippen molar-refractivity contribution in [2.45, 2.75) is 19.8 Å². The van der Waals surface area contributed by atoms with E-state index in [-0.39, 0.29) is 29.9 Å². The highest BCUT2D eigenvalue weighted by molar-refractivity contribution is 6.24. The molecule has 0 fully saturated rings. The summed E-state index contributed by atoms with van der Waals surface area (Å²) >= 11 is 0. The molecule has 0 aliphatic carbocycles. The number of nitro benzene ring substituents is 1. The fraction of sp³-hybridized carbons (Fsp3) is 0.308. The Balaban J connectivity index is 2.38. The normalized spacial score (nSPS) is 13.6. The lowest BCUT2D eigenvalue weighted by Gasteiger charge is -2.11. The van der Waals surface area contributed by atoms with E-state index in [0.717, 1.165) is 4.90 Å². The Labute approximate surface area is 114 Å². The molecule has 0 aromatic heterocycles. The number of amides is 2. The van der Waals surface area contributed by atoms with Crippen LogP contribution < -0.4 is 0 Å². The smallest absolute Gasteiger partial charge is 0.282 e. The number of fused-ring (bicyclic) bond motifs is 1. The van der Waals surface area contributed by atoms with E-state index in [0.29, 0.717) is 6.42 Å². The number of rotatable bonds is 5. The maximum atomic E-state index is 12.1. The molecule has 0 spiro atoms. The van der Waals surface area contributed by atoms with Gasteiger partial charge in [0.2, 0.25) is 0 Å². The molecule has 2 rings (SSSR count). The Hall–Kier alpha value is -2.57. The maximum Gasteiger partial charge on any atom is 0.282 e. The molecule has 1 aliphatic rings. The van der Waals surface area contributed by atoms with Crippen molar-refractivity contribution in [2.24, 2.45) is 0 Å². The van der Waals surface area contributed by atoms with E-state index in [1.165, 1.54) is 18.2 Å². The molecule has 1 heterocycles. The van der Waals surface area contributed by atoms with Gasteiger partial charge in [-0.2, -0.15) is 0 Å². The Morgan fingerprint density at radius 1 is 1.30 bits per heavy atom. The summed E-state index contributed by atoms with van der Waals surface area (Å²) in [5.41, 5.74) is -0.661. The predicted molar refractivity (Wildman–Crippen MR) is 68.4 cm³/mol. The fourth-order valence-electron chi connectivity index (χ4n) is 2.15. The highest BCUT2D eigenvalue weighted by Crippen LogP contribution is 2.30. The number of imide groups is 1. The number of nitro groups is 1. The predicted octanol–water partition coefficient (Wildman–Crippen LogP) is 1.56. The van der Waals surface area contributed by atoms with Gasteiger partial charge < -0.3 is 0 Å². The van der Waals surface area contributed by atoms with Gasteiger partial charge in [0.05, 0.1) is 17.0 Å². The summed E-state index contributed by atoms with van der Waals surface area (Å²) in [7, 11) is 0. The minimum absolute atomic E-state index is 0.0199. The summed E-state index contributed by atoms with van der Waals surface area (Å²) in [6.07, 6.45) is 0.873. The van der Waals surface area contributed by atoms with E-state index >= 15 is 0 Å². The average Bonchev–Trinajstić information content (AvgIpc) is 2.64. The quantitative estimate of drug-likeness (QED) is 0.461. The zero-order chi connectivity index (χ0) is 14.9. The van der Waals surface area contributed by atoms with Crippen LogP contribution in [-0.4, -0.2) is 34.0 Å². The minimum atomic E-state index is -0.776. The van der Waals surface area contributed by atoms with Crippen LogP contribution in [0.25, 0.3) is 0 Å². The Kier molecular flexibility index (Phi) is 3.60. The van der Waals surface area contributed by atoms with Crippen molar-refractivity contribution >= 4 is 23.3 Å². The van der Waals surface area contributed by atoms with Crippen molar-refractivity contribution in [3.63, 3.8) is 0 Å². The van der Waals surface area contributed by atoms with Gasteiger partial charge in [-0.25, -0.2) is 0 Å². The lowest BCUT2D eigenvalue weighted by atomic mass is 10.1. The number of hydrogen-bond acceptors (Lipinski definition) is 5. The van der Waals surface area contributed by atoms with Crippen LogP contribution in [0.1, 0.15) is 40.5 Å². The molecule has 0 unspecified atom stereocenters. The van der Waals surface area contributed by atoms with Crippen LogP contribution in [0.3, 0.4) is 0 Å². The third kappa shape index (κ3) is 2.18. The van der Waals surface area contributed by atoms with Crippen LogP contribution in [0.2, 0.25) is 0 Å². The fourth-order valence-corrected chi connectivity index (χ4v) is 2.15. The molecule has 7 nitrogen and oxygen atoms in total. The standard InChI is InChI=1S/C13H12N2O5/c1-2-4-8(16)7-14-12(17)9-5-3-6-10(15(19)20)11(9)13(14)18/h3,5-6H,2,4,7H2,1H3. The molecular weight excluding hydrogens is 264 g/mol. The third-order valence-electron chi connectivity index (χ3n) is 3.04. The molecule has 0 bridgehead atoms. The van der Waals surface area contributed by atoms with Crippen LogP contribution in [0.4, 0.5) is 5.69 Å². The number of nitrogens with zero attached hydrogens (tertiary/aromatic N) is 2. The van der Waals surface area contributed by atoms with Crippen molar-refractivity contribution < 1.29 is 19.3 Å². The first kappa shape index (κ1) is 13.9. The number of carbonyl (C=O) groups excluding carboxylic acids is 3. The first-order chi connectivity index (χ1) is 9.47. The van der Waals surface area contributed by atoms with Gasteiger partial charge in [0, 0.05) is 12.5 Å². The first-order valence-corrected chi connectivity index (χ1v) is 6.12. The van der Waals surface area contributed by atoms with Gasteiger partial charge in [0.25, 0.3) is 17.5 Å². The molecule has 0 saturated carbocycles. The number of carbonyl (C=O) groups is 3. The van der Waals surface area contributed by atoms with Crippen LogP contribution in [0.15, 0.2) is 18.2 Å². The van der Waals surface area contributed by atoms with Crippen molar-refractivity contribution in [2.75, 3.05) is 6.54 Å². The summed E-state index contributed by atoms with van der Waals surface area (Å²) < 4.78 is 0. The monoisotopic (exact) mass is 276 g/mol. The highest BCUT2D eigenvalue weighted by Gasteiger charge is 2.41. The molecule has 20 heavy (non-hydrogen) atoms. The van der Waals surface area contributed by atoms with E-state index in [1.807, 2.05) is 6.92 Å². The minimum Gasteiger partial charge on any atom is -0.298 e. The van der Waals surface area contributed by atoms with Gasteiger partial charge in [-0.1, -0.05) is 13.0 Å². The van der Waals surface area contributed by atoms with E-state index in [1.54, 1.807) is 0 Å². The van der Waals surface area contributed by atoms with Crippen molar-refractivity contribution in [1.82, 2.24) is 4.90 Å². The third-order valence-corrected chi connectivity index (χ3v) is 3.04. The largest absolute Gasteiger partial charge is 0.298 e. The zero-order valence-electron chi connectivity index (χ0n) is 10.8. The van der Waals surface area contributed by atoms with E-state index < -0.39 is 22.4 Å². The van der Waals surface area contributed by atoms with Gasteiger partial charge in [-0.3, -0.25) is 29.4 Å². The lowest BCUT2D eigenvalue weighted by molar-refractivity contribution is -0.385. The van der Waals surface area contributed by atoms with Gasteiger partial charge in [0.1, 0.15) is 5.56 Å². The number of ketones is 1. The first-order valence-electron chi connectivity index (χ1n) is 6.12. The molecule has 1 aromatic rings. The van der Waals surface area contributed by atoms with Gasteiger partial charge >= 0.3 is 0 Å². The van der Waals surface area contributed by atoms with Gasteiger partial charge in [-0.15, -0.1) is 0 Å². The molecule has 1 aliphatic heterocycles. The SMILES string of the molecule is CCCC(=O)CN1C(=O)c2cccc([N+](=O)[O-])c2C1=O. The summed E-state index contributed by atoms with van der Waals surface area (Å²) in [5, 5.41) is 10.9. The van der Waals surface area contributed by atoms with Crippen molar-refractivity contribution in [3.05, 3.63) is 39.4 Å². The summed E-state index contributed by atoms with van der Waals surface area (Å²) in [4.78, 5) is 46.7. The number of hydrogen-bond donors (Lipinski definition) is 0. The Morgan fingerprint density at radius 3 is 2.60 bits per heavy atom. The summed E-state index contributed by atoms with van der Waals surface area (Å²) in [6, 6.07) is 3.87. The molecule has 7 heteroatoms. The Morgan fingerprint density at radius 2 is 2.00 bits per heavy atom. The van der Waals surface area contributed by atoms with Crippen LogP contribution in [0.5, 0.6) is 0 Å². The summed E-state index contributed by atoms with van der Waals surface area (Å²) in [5.74, 6) is -1.68. The summed E-state index contributed by atoms with van der Waals surface area (Å²) in [6.45, 7) is 1.47. The average molecular weight is 276 g/mol. The van der Waals surface area contributed by atoms with Gasteiger partial charge in [-0.05, 0) is 12.5 Å². The van der Waals surface area contributed by atoms with Crippen LogP contribution >= 0.6 is 0 Å². The topological polar surface area (TPSA) is 97.6 Å².